The predicted molar refractivity (Wildman–Crippen MR) is 105 cm³/mol. The Morgan fingerprint density at radius 1 is 1.24 bits per heavy atom. The van der Waals surface area contributed by atoms with Crippen molar-refractivity contribution in [2.45, 2.75) is 24.3 Å². The molecule has 0 aliphatic rings. The van der Waals surface area contributed by atoms with E-state index in [4.69, 9.17) is 4.74 Å². The van der Waals surface area contributed by atoms with Crippen molar-refractivity contribution in [3.63, 3.8) is 0 Å². The number of nitrogens with one attached hydrogen (secondary N) is 2. The summed E-state index contributed by atoms with van der Waals surface area (Å²) in [4.78, 5) is 18.9. The molecule has 0 spiro atoms. The first-order chi connectivity index (χ1) is 11.8. The maximum Gasteiger partial charge on any atom is 0.243 e. The highest BCUT2D eigenvalue weighted by Crippen LogP contribution is 2.15. The summed E-state index contributed by atoms with van der Waals surface area (Å²) >= 11 is 1.77. The van der Waals surface area contributed by atoms with Crippen LogP contribution < -0.4 is 10.6 Å². The monoisotopic (exact) mass is 366 g/mol. The molecule has 0 fully saturated rings. The van der Waals surface area contributed by atoms with Crippen LogP contribution in [0.4, 0.5) is 0 Å². The van der Waals surface area contributed by atoms with E-state index in [1.807, 2.05) is 32.0 Å². The molecule has 0 saturated heterocycles. The van der Waals surface area contributed by atoms with Gasteiger partial charge in [-0.3, -0.25) is 4.79 Å². The second kappa shape index (κ2) is 11.0. The van der Waals surface area contributed by atoms with Crippen LogP contribution in [0.3, 0.4) is 0 Å². The van der Waals surface area contributed by atoms with E-state index in [0.717, 1.165) is 12.3 Å². The van der Waals surface area contributed by atoms with E-state index in [9.17, 15) is 4.79 Å². The number of hydrogen-bond acceptors (Lipinski definition) is 4. The van der Waals surface area contributed by atoms with Gasteiger partial charge in [0.2, 0.25) is 5.91 Å². The standard InChI is InChI=1S/C18H30N4O2S/c1-18(2,24-5)14-21-17(20-13-16(23)22(3)4)19-11-12-25-15-9-7-6-8-10-15/h6-10H,11-14H2,1-5H3,(H2,19,20,21). The summed E-state index contributed by atoms with van der Waals surface area (Å²) in [7, 11) is 5.13. The molecule has 1 rings (SSSR count). The summed E-state index contributed by atoms with van der Waals surface area (Å²) in [6, 6.07) is 10.3. The smallest absolute Gasteiger partial charge is 0.243 e. The third kappa shape index (κ3) is 9.36. The van der Waals surface area contributed by atoms with Crippen LogP contribution in [0.1, 0.15) is 13.8 Å². The molecule has 0 aliphatic carbocycles. The number of methoxy groups -OCH3 is 1. The van der Waals surface area contributed by atoms with Crippen molar-refractivity contribution in [3.8, 4) is 0 Å². The highest BCUT2D eigenvalue weighted by atomic mass is 32.2. The lowest BCUT2D eigenvalue weighted by molar-refractivity contribution is -0.127. The van der Waals surface area contributed by atoms with E-state index in [2.05, 4.69) is 27.8 Å². The molecule has 6 nitrogen and oxygen atoms in total. The van der Waals surface area contributed by atoms with Crippen LogP contribution in [0.5, 0.6) is 0 Å². The van der Waals surface area contributed by atoms with Gasteiger partial charge in [0.05, 0.1) is 5.60 Å². The highest BCUT2D eigenvalue weighted by molar-refractivity contribution is 7.99. The zero-order chi connectivity index (χ0) is 18.7. The second-order valence-corrected chi connectivity index (χ2v) is 7.53. The van der Waals surface area contributed by atoms with Crippen LogP contribution in [-0.4, -0.2) is 69.0 Å². The summed E-state index contributed by atoms with van der Waals surface area (Å²) in [6.45, 7) is 5.44. The highest BCUT2D eigenvalue weighted by Gasteiger charge is 2.16. The fourth-order valence-electron chi connectivity index (χ4n) is 1.69. The number of thioether (sulfide) groups is 1. The maximum absolute atomic E-state index is 11.8. The summed E-state index contributed by atoms with van der Waals surface area (Å²) in [5.41, 5.74) is -0.313. The van der Waals surface area contributed by atoms with Gasteiger partial charge in [-0.25, -0.2) is 4.99 Å². The number of ether oxygens (including phenoxy) is 1. The Labute approximate surface area is 155 Å². The molecule has 0 aromatic heterocycles. The van der Waals surface area contributed by atoms with E-state index in [-0.39, 0.29) is 18.1 Å². The molecule has 1 amide bonds. The quantitative estimate of drug-likeness (QED) is 0.302. The number of carbonyl (C=O) groups excluding carboxylic acids is 1. The fraction of sp³-hybridized carbons (Fsp3) is 0.556. The molecule has 0 bridgehead atoms. The van der Waals surface area contributed by atoms with Gasteiger partial charge in [-0.05, 0) is 26.0 Å². The number of guanidine groups is 1. The van der Waals surface area contributed by atoms with Gasteiger partial charge >= 0.3 is 0 Å². The molecule has 1 aromatic rings. The van der Waals surface area contributed by atoms with Gasteiger partial charge in [-0.2, -0.15) is 0 Å². The van der Waals surface area contributed by atoms with Gasteiger partial charge in [0, 0.05) is 44.9 Å². The minimum atomic E-state index is -0.313. The molecule has 140 valence electrons. The number of hydrogen-bond donors (Lipinski definition) is 2. The van der Waals surface area contributed by atoms with E-state index >= 15 is 0 Å². The van der Waals surface area contributed by atoms with Crippen LogP contribution in [0.15, 0.2) is 40.2 Å². The number of benzene rings is 1. The molecule has 0 radical (unpaired) electrons. The van der Waals surface area contributed by atoms with Gasteiger partial charge < -0.3 is 20.3 Å². The number of carbonyl (C=O) groups is 1. The Morgan fingerprint density at radius 3 is 2.52 bits per heavy atom. The molecule has 25 heavy (non-hydrogen) atoms. The molecular weight excluding hydrogens is 336 g/mol. The minimum absolute atomic E-state index is 0.0363. The normalized spacial score (nSPS) is 12.0. The van der Waals surface area contributed by atoms with Gasteiger partial charge in [0.1, 0.15) is 6.54 Å². The Kier molecular flexibility index (Phi) is 9.37. The number of amides is 1. The van der Waals surface area contributed by atoms with Crippen LogP contribution in [-0.2, 0) is 9.53 Å². The molecule has 2 N–H and O–H groups in total. The largest absolute Gasteiger partial charge is 0.377 e. The lowest BCUT2D eigenvalue weighted by Crippen LogP contribution is -2.46. The fourth-order valence-corrected chi connectivity index (χ4v) is 2.48. The Bertz CT molecular complexity index is 547. The number of aliphatic imine (C=N–C) groups is 1. The van der Waals surface area contributed by atoms with Crippen molar-refractivity contribution in [3.05, 3.63) is 30.3 Å². The summed E-state index contributed by atoms with van der Waals surface area (Å²) < 4.78 is 5.41. The third-order valence-corrected chi connectivity index (χ3v) is 4.53. The molecule has 0 heterocycles. The van der Waals surface area contributed by atoms with Crippen LogP contribution in [0.2, 0.25) is 0 Å². The number of likely N-dealkylation sites (N-methyl/N-ethyl adjacent to an activating group) is 1. The maximum atomic E-state index is 11.8. The minimum Gasteiger partial charge on any atom is -0.377 e. The van der Waals surface area contributed by atoms with Gasteiger partial charge in [0.25, 0.3) is 0 Å². The Balaban J connectivity index is 2.51. The third-order valence-electron chi connectivity index (χ3n) is 3.51. The van der Waals surface area contributed by atoms with Crippen LogP contribution >= 0.6 is 11.8 Å². The molecular formula is C18H30N4O2S. The van der Waals surface area contributed by atoms with Crippen molar-refractivity contribution in [2.24, 2.45) is 4.99 Å². The lowest BCUT2D eigenvalue weighted by Gasteiger charge is -2.24. The van der Waals surface area contributed by atoms with Crippen molar-refractivity contribution in [1.82, 2.24) is 15.5 Å². The van der Waals surface area contributed by atoms with Crippen molar-refractivity contribution in [2.75, 3.05) is 46.6 Å². The van der Waals surface area contributed by atoms with E-state index in [1.54, 1.807) is 33.0 Å². The average molecular weight is 367 g/mol. The average Bonchev–Trinajstić information content (AvgIpc) is 2.60. The molecule has 0 unspecified atom stereocenters. The van der Waals surface area contributed by atoms with E-state index < -0.39 is 0 Å². The zero-order valence-corrected chi connectivity index (χ0v) is 16.7. The number of rotatable bonds is 9. The second-order valence-electron chi connectivity index (χ2n) is 6.36. The predicted octanol–water partition coefficient (Wildman–Crippen LogP) is 1.83. The first-order valence-electron chi connectivity index (χ1n) is 8.29. The topological polar surface area (TPSA) is 66.0 Å². The summed E-state index contributed by atoms with van der Waals surface area (Å²) in [6.07, 6.45) is 0. The lowest BCUT2D eigenvalue weighted by atomic mass is 10.1. The molecule has 0 atom stereocenters. The molecule has 0 saturated carbocycles. The molecule has 1 aromatic carbocycles. The summed E-state index contributed by atoms with van der Waals surface area (Å²) in [5.74, 6) is 1.49. The van der Waals surface area contributed by atoms with E-state index in [0.29, 0.717) is 12.5 Å². The van der Waals surface area contributed by atoms with Gasteiger partial charge in [-0.15, -0.1) is 11.8 Å². The van der Waals surface area contributed by atoms with Crippen molar-refractivity contribution < 1.29 is 9.53 Å². The van der Waals surface area contributed by atoms with Crippen molar-refractivity contribution >= 4 is 23.6 Å². The summed E-state index contributed by atoms with van der Waals surface area (Å²) in [5, 5.41) is 6.51. The van der Waals surface area contributed by atoms with Crippen LogP contribution in [0.25, 0.3) is 0 Å². The number of nitrogens with zero attached hydrogens (tertiary/aromatic N) is 2. The SMILES string of the molecule is COC(C)(C)CNC(=NCC(=O)N(C)C)NCCSc1ccccc1. The Hall–Kier alpha value is -1.73. The molecule has 7 heteroatoms. The van der Waals surface area contributed by atoms with Gasteiger partial charge in [-0.1, -0.05) is 18.2 Å². The first-order valence-corrected chi connectivity index (χ1v) is 9.28. The van der Waals surface area contributed by atoms with Crippen molar-refractivity contribution in [1.29, 1.82) is 0 Å². The van der Waals surface area contributed by atoms with E-state index in [1.165, 1.54) is 9.80 Å². The Morgan fingerprint density at radius 2 is 1.92 bits per heavy atom. The zero-order valence-electron chi connectivity index (χ0n) is 15.8. The van der Waals surface area contributed by atoms with Gasteiger partial charge in [0.15, 0.2) is 5.96 Å². The first kappa shape index (κ1) is 21.3. The van der Waals surface area contributed by atoms with Crippen LogP contribution in [0, 0.1) is 0 Å². The molecule has 0 aliphatic heterocycles.